The van der Waals surface area contributed by atoms with Gasteiger partial charge in [0.1, 0.15) is 26.4 Å². The van der Waals surface area contributed by atoms with Gasteiger partial charge in [-0.15, -0.1) is 0 Å². The second-order valence-electron chi connectivity index (χ2n) is 9.73. The maximum Gasteiger partial charge on any atom is 0.508 e. The van der Waals surface area contributed by atoms with Crippen molar-refractivity contribution in [2.24, 2.45) is 0 Å². The molecule has 14 nitrogen and oxygen atoms in total. The van der Waals surface area contributed by atoms with Gasteiger partial charge in [0, 0.05) is 65.4 Å². The number of carbonyl (C=O) groups excluding carboxylic acids is 4. The molecule has 0 fully saturated rings. The Kier molecular flexibility index (Phi) is 33.7. The molecule has 16 heteroatoms. The first-order chi connectivity index (χ1) is 18.4. The van der Waals surface area contributed by atoms with Crippen LogP contribution in [-0.2, 0) is 113 Å². The Morgan fingerprint density at radius 3 is 1.12 bits per heavy atom. The molecule has 250 valence electrons. The van der Waals surface area contributed by atoms with Gasteiger partial charge in [0.2, 0.25) is 0 Å². The molecule has 0 aliphatic heterocycles. The molecule has 0 heterocycles. The van der Waals surface area contributed by atoms with E-state index in [0.717, 1.165) is 0 Å². The topological polar surface area (TPSA) is 183 Å². The molecule has 0 amide bonds. The van der Waals surface area contributed by atoms with Gasteiger partial charge in [-0.2, -0.15) is 0 Å². The van der Waals surface area contributed by atoms with Gasteiger partial charge in [-0.25, -0.2) is 19.2 Å². The van der Waals surface area contributed by atoms with Crippen molar-refractivity contribution >= 4 is 24.2 Å². The molecule has 0 saturated heterocycles. The van der Waals surface area contributed by atoms with Gasteiger partial charge < -0.3 is 48.1 Å². The minimum atomic E-state index is -1.20. The fraction of sp³-hybridized carbons (Fsp3) is 0.852. The Morgan fingerprint density at radius 1 is 0.605 bits per heavy atom. The van der Waals surface area contributed by atoms with Crippen molar-refractivity contribution in [3.8, 4) is 0 Å². The van der Waals surface area contributed by atoms with Gasteiger partial charge in [0.05, 0.1) is 38.6 Å². The largest absolute Gasteiger partial charge is 0.508 e. The van der Waals surface area contributed by atoms with Crippen LogP contribution in [0.1, 0.15) is 75.7 Å². The van der Waals surface area contributed by atoms with Crippen LogP contribution in [0, 0.1) is 0 Å². The first-order valence-electron chi connectivity index (χ1n) is 12.9. The first kappa shape index (κ1) is 52.1. The molecule has 0 aliphatic carbocycles. The average Bonchev–Trinajstić information content (AvgIpc) is 2.90. The van der Waals surface area contributed by atoms with Crippen molar-refractivity contribution in [3.05, 3.63) is 0 Å². The molecule has 2 radical (unpaired) electrons. The molecule has 0 bridgehead atoms. The normalized spacial score (nSPS) is 13.3. The third kappa shape index (κ3) is 26.5. The Labute approximate surface area is 306 Å². The van der Waals surface area contributed by atoms with E-state index in [1.165, 1.54) is 14.2 Å². The van der Waals surface area contributed by atoms with Crippen LogP contribution in [0.25, 0.3) is 0 Å². The van der Waals surface area contributed by atoms with Crippen LogP contribution < -0.4 is 0 Å². The number of aliphatic hydroxyl groups is 2. The molecule has 4 atom stereocenters. The average molecular weight is 779 g/mol. The molecule has 0 aromatic heterocycles. The van der Waals surface area contributed by atoms with E-state index in [-0.39, 0.29) is 99.3 Å². The van der Waals surface area contributed by atoms with Crippen LogP contribution in [0.5, 0.6) is 0 Å². The number of methoxy groups -OCH3 is 2. The minimum Gasteiger partial charge on any atom is -0.461 e. The Morgan fingerprint density at radius 2 is 0.884 bits per heavy atom. The van der Waals surface area contributed by atoms with Crippen LogP contribution in [0.3, 0.4) is 0 Å². The van der Waals surface area contributed by atoms with Crippen LogP contribution in [0.2, 0.25) is 0 Å². The number of hydrogen-bond acceptors (Lipinski definition) is 14. The molecule has 0 saturated carbocycles. The Balaban J connectivity index is -0.000000209. The van der Waals surface area contributed by atoms with E-state index < -0.39 is 59.9 Å². The van der Waals surface area contributed by atoms with E-state index in [1.54, 1.807) is 55.4 Å². The number of hydrogen-bond donors (Lipinski definition) is 2. The van der Waals surface area contributed by atoms with E-state index in [1.807, 2.05) is 0 Å². The summed E-state index contributed by atoms with van der Waals surface area (Å²) in [5, 5.41) is 18.7. The third-order valence-electron chi connectivity index (χ3n) is 4.94. The smallest absolute Gasteiger partial charge is 0.461 e. The molecule has 0 rings (SSSR count). The van der Waals surface area contributed by atoms with Crippen molar-refractivity contribution in [2.45, 2.75) is 111 Å². The van der Waals surface area contributed by atoms with Crippen LogP contribution in [0.15, 0.2) is 0 Å². The molecule has 0 spiro atoms. The molecule has 0 aliphatic rings. The van der Waals surface area contributed by atoms with E-state index in [2.05, 4.69) is 9.47 Å². The molecule has 0 aromatic rings. The van der Waals surface area contributed by atoms with E-state index in [0.29, 0.717) is 12.8 Å². The van der Waals surface area contributed by atoms with Gasteiger partial charge in [-0.1, -0.05) is 21.3 Å². The third-order valence-corrected chi connectivity index (χ3v) is 4.94. The summed E-state index contributed by atoms with van der Waals surface area (Å²) in [6, 6.07) is 0. The van der Waals surface area contributed by atoms with Gasteiger partial charge in [0.15, 0.2) is 11.2 Å². The number of aliphatic hydroxyl groups excluding tert-OH is 2. The first-order valence-corrected chi connectivity index (χ1v) is 12.9. The van der Waals surface area contributed by atoms with E-state index in [4.69, 9.17) is 28.4 Å². The van der Waals surface area contributed by atoms with Crippen molar-refractivity contribution < 1.29 is 133 Å². The predicted molar refractivity (Wildman–Crippen MR) is 147 cm³/mol. The summed E-state index contributed by atoms with van der Waals surface area (Å²) in [5.41, 5.74) is -2.40. The number of esters is 2. The maximum absolute atomic E-state index is 11.8. The summed E-state index contributed by atoms with van der Waals surface area (Å²) in [4.78, 5) is 45.3. The van der Waals surface area contributed by atoms with Crippen LogP contribution in [-0.4, -0.2) is 111 Å². The minimum absolute atomic E-state index is 0. The van der Waals surface area contributed by atoms with Crippen molar-refractivity contribution in [2.75, 3.05) is 40.6 Å². The standard InChI is InChI=1S/2C13H24O7.CH4.2Y/c2*1-6-10(14)8-18-11(15)13(3,4)20-9(2)7-19-12(16)17-5;;;/h2*9-10,14H,6-8H2,1-5H3;1H4;;. The molecular formula is C27H52O14Y2. The summed E-state index contributed by atoms with van der Waals surface area (Å²) in [6.45, 7) is 12.8. The monoisotopic (exact) mass is 778 g/mol. The van der Waals surface area contributed by atoms with Gasteiger partial charge >= 0.3 is 24.2 Å². The number of ether oxygens (including phenoxy) is 8. The van der Waals surface area contributed by atoms with Crippen molar-refractivity contribution in [3.63, 3.8) is 0 Å². The molecule has 0 aromatic carbocycles. The molecule has 4 unspecified atom stereocenters. The summed E-state index contributed by atoms with van der Waals surface area (Å²) < 4.78 is 38.9. The number of carbonyl (C=O) groups is 4. The zero-order chi connectivity index (χ0) is 31.5. The second-order valence-corrected chi connectivity index (χ2v) is 9.73. The van der Waals surface area contributed by atoms with Gasteiger partial charge in [-0.3, -0.25) is 0 Å². The van der Waals surface area contributed by atoms with E-state index in [9.17, 15) is 29.4 Å². The fourth-order valence-electron chi connectivity index (χ4n) is 2.59. The van der Waals surface area contributed by atoms with Crippen molar-refractivity contribution in [1.29, 1.82) is 0 Å². The van der Waals surface area contributed by atoms with Gasteiger partial charge in [-0.05, 0) is 54.4 Å². The summed E-state index contributed by atoms with van der Waals surface area (Å²) in [5.74, 6) is -1.18. The van der Waals surface area contributed by atoms with Crippen LogP contribution in [0.4, 0.5) is 9.59 Å². The quantitative estimate of drug-likeness (QED) is 0.172. The SMILES string of the molecule is C.CCC(O)COC(=O)C(C)(C)OC(C)COC(=O)OC.CCC(O)COC(=O)C(C)(C)OC(C)COC(=O)OC.[Y].[Y]. The Bertz CT molecular complexity index is 702. The zero-order valence-corrected chi connectivity index (χ0v) is 32.2. The fourth-order valence-corrected chi connectivity index (χ4v) is 2.59. The summed E-state index contributed by atoms with van der Waals surface area (Å²) >= 11 is 0. The van der Waals surface area contributed by atoms with Crippen molar-refractivity contribution in [1.82, 2.24) is 0 Å². The molecule has 2 N–H and O–H groups in total. The van der Waals surface area contributed by atoms with Crippen LogP contribution >= 0.6 is 0 Å². The number of rotatable bonds is 16. The van der Waals surface area contributed by atoms with E-state index >= 15 is 0 Å². The predicted octanol–water partition coefficient (Wildman–Crippen LogP) is 3.17. The maximum atomic E-state index is 11.8. The molecule has 43 heavy (non-hydrogen) atoms. The van der Waals surface area contributed by atoms with Gasteiger partial charge in [0.25, 0.3) is 0 Å². The summed E-state index contributed by atoms with van der Waals surface area (Å²) in [6.07, 6.45) is -3.01. The zero-order valence-electron chi connectivity index (χ0n) is 26.5. The molecular weight excluding hydrogens is 726 g/mol. The second kappa shape index (κ2) is 27.8. The Hall–Kier alpha value is -0.472. The summed E-state index contributed by atoms with van der Waals surface area (Å²) in [7, 11) is 2.41.